The second kappa shape index (κ2) is 8.70. The van der Waals surface area contributed by atoms with Crippen LogP contribution in [0.3, 0.4) is 0 Å². The van der Waals surface area contributed by atoms with E-state index >= 15 is 0 Å². The molecule has 1 amide bonds. The molecule has 2 N–H and O–H groups in total. The summed E-state index contributed by atoms with van der Waals surface area (Å²) in [5.74, 6) is 0.100. The number of amides is 1. The highest BCUT2D eigenvalue weighted by Gasteiger charge is 2.16. The zero-order valence-corrected chi connectivity index (χ0v) is 16.3. The Morgan fingerprint density at radius 2 is 1.79 bits per heavy atom. The van der Waals surface area contributed by atoms with E-state index in [1.54, 1.807) is 12.3 Å². The molecule has 0 aliphatic carbocycles. The molecule has 148 valence electrons. The van der Waals surface area contributed by atoms with Gasteiger partial charge in [0.2, 0.25) is 5.95 Å². The third kappa shape index (κ3) is 4.70. The van der Waals surface area contributed by atoms with Crippen LogP contribution in [0, 0.1) is 6.92 Å². The lowest BCUT2D eigenvalue weighted by atomic mass is 10.2. The summed E-state index contributed by atoms with van der Waals surface area (Å²) in [7, 11) is 0. The number of aromatic nitrogens is 2. The highest BCUT2D eigenvalue weighted by molar-refractivity contribution is 6.03. The molecular weight excluding hydrogens is 366 g/mol. The molecule has 0 saturated carbocycles. The molecule has 1 aliphatic rings. The van der Waals surface area contributed by atoms with Gasteiger partial charge in [0.1, 0.15) is 5.69 Å². The Morgan fingerprint density at radius 3 is 2.59 bits per heavy atom. The summed E-state index contributed by atoms with van der Waals surface area (Å²) in [6, 6.07) is 17.2. The van der Waals surface area contributed by atoms with Gasteiger partial charge >= 0.3 is 0 Å². The van der Waals surface area contributed by atoms with Crippen molar-refractivity contribution in [3.63, 3.8) is 0 Å². The van der Waals surface area contributed by atoms with Crippen LogP contribution in [0.15, 0.2) is 60.8 Å². The number of benzene rings is 2. The standard InChI is InChI=1S/C22H23N5O2/c1-16-6-8-17(9-7-16)24-21(28)19-10-11-23-22(26-19)25-18-4-2-3-5-20(18)27-12-14-29-15-13-27/h2-11H,12-15H2,1H3,(H,24,28)(H,23,25,26). The summed E-state index contributed by atoms with van der Waals surface area (Å²) in [5.41, 5.74) is 4.12. The lowest BCUT2D eigenvalue weighted by molar-refractivity contribution is 0.102. The highest BCUT2D eigenvalue weighted by Crippen LogP contribution is 2.28. The van der Waals surface area contributed by atoms with E-state index in [1.807, 2.05) is 49.4 Å². The number of ether oxygens (including phenoxy) is 1. The number of aryl methyl sites for hydroxylation is 1. The van der Waals surface area contributed by atoms with E-state index in [2.05, 4.69) is 31.6 Å². The molecule has 2 heterocycles. The number of nitrogens with one attached hydrogen (secondary N) is 2. The van der Waals surface area contributed by atoms with Crippen LogP contribution in [-0.4, -0.2) is 42.2 Å². The number of hydrogen-bond donors (Lipinski definition) is 2. The topological polar surface area (TPSA) is 79.4 Å². The molecule has 1 saturated heterocycles. The summed E-state index contributed by atoms with van der Waals surface area (Å²) in [6.07, 6.45) is 1.58. The molecule has 1 fully saturated rings. The van der Waals surface area contributed by atoms with E-state index in [4.69, 9.17) is 4.74 Å². The molecule has 1 aliphatic heterocycles. The fraction of sp³-hybridized carbons (Fsp3) is 0.227. The molecule has 0 radical (unpaired) electrons. The Bertz CT molecular complexity index is 985. The van der Waals surface area contributed by atoms with E-state index in [0.717, 1.165) is 35.7 Å². The van der Waals surface area contributed by atoms with Crippen LogP contribution in [0.4, 0.5) is 23.0 Å². The fourth-order valence-corrected chi connectivity index (χ4v) is 3.16. The molecule has 0 atom stereocenters. The Balaban J connectivity index is 1.51. The van der Waals surface area contributed by atoms with Crippen LogP contribution in [0.25, 0.3) is 0 Å². The van der Waals surface area contributed by atoms with Gasteiger partial charge in [-0.05, 0) is 37.3 Å². The minimum Gasteiger partial charge on any atom is -0.378 e. The largest absolute Gasteiger partial charge is 0.378 e. The predicted molar refractivity (Wildman–Crippen MR) is 114 cm³/mol. The Kier molecular flexibility index (Phi) is 5.67. The molecular formula is C22H23N5O2. The zero-order valence-electron chi connectivity index (χ0n) is 16.3. The van der Waals surface area contributed by atoms with Gasteiger partial charge in [-0.25, -0.2) is 9.97 Å². The van der Waals surface area contributed by atoms with Gasteiger partial charge in [-0.2, -0.15) is 0 Å². The van der Waals surface area contributed by atoms with Crippen molar-refractivity contribution in [2.75, 3.05) is 41.8 Å². The van der Waals surface area contributed by atoms with Crippen molar-refractivity contribution in [1.29, 1.82) is 0 Å². The quantitative estimate of drug-likeness (QED) is 0.694. The van der Waals surface area contributed by atoms with Crippen molar-refractivity contribution in [3.8, 4) is 0 Å². The van der Waals surface area contributed by atoms with Crippen molar-refractivity contribution in [2.24, 2.45) is 0 Å². The third-order valence-electron chi connectivity index (χ3n) is 4.70. The van der Waals surface area contributed by atoms with Gasteiger partial charge in [0, 0.05) is 25.0 Å². The second-order valence-electron chi connectivity index (χ2n) is 6.83. The van der Waals surface area contributed by atoms with Crippen molar-refractivity contribution >= 4 is 28.9 Å². The summed E-state index contributed by atoms with van der Waals surface area (Å²) in [5, 5.41) is 6.11. The van der Waals surface area contributed by atoms with Gasteiger partial charge in [0.05, 0.1) is 24.6 Å². The maximum absolute atomic E-state index is 12.6. The minimum atomic E-state index is -0.277. The lowest BCUT2D eigenvalue weighted by Crippen LogP contribution is -2.36. The molecule has 0 unspecified atom stereocenters. The number of carbonyl (C=O) groups is 1. The average Bonchev–Trinajstić information content (AvgIpc) is 2.76. The number of para-hydroxylation sites is 2. The molecule has 7 nitrogen and oxygen atoms in total. The maximum atomic E-state index is 12.6. The summed E-state index contributed by atoms with van der Waals surface area (Å²) >= 11 is 0. The van der Waals surface area contributed by atoms with Crippen LogP contribution in [-0.2, 0) is 4.74 Å². The first-order valence-corrected chi connectivity index (χ1v) is 9.59. The van der Waals surface area contributed by atoms with Crippen LogP contribution in [0.5, 0.6) is 0 Å². The normalized spacial score (nSPS) is 13.8. The number of nitrogens with zero attached hydrogens (tertiary/aromatic N) is 3. The van der Waals surface area contributed by atoms with Gasteiger partial charge < -0.3 is 20.3 Å². The Morgan fingerprint density at radius 1 is 1.03 bits per heavy atom. The van der Waals surface area contributed by atoms with Crippen molar-refractivity contribution in [2.45, 2.75) is 6.92 Å². The molecule has 2 aromatic carbocycles. The second-order valence-corrected chi connectivity index (χ2v) is 6.83. The molecule has 3 aromatic rings. The van der Waals surface area contributed by atoms with Crippen molar-refractivity contribution < 1.29 is 9.53 Å². The third-order valence-corrected chi connectivity index (χ3v) is 4.70. The number of rotatable bonds is 5. The van der Waals surface area contributed by atoms with Crippen molar-refractivity contribution in [1.82, 2.24) is 9.97 Å². The van der Waals surface area contributed by atoms with Crippen LogP contribution in [0.2, 0.25) is 0 Å². The number of carbonyl (C=O) groups excluding carboxylic acids is 1. The first kappa shape index (κ1) is 18.9. The minimum absolute atomic E-state index is 0.277. The summed E-state index contributed by atoms with van der Waals surface area (Å²) in [4.78, 5) is 23.5. The first-order valence-electron chi connectivity index (χ1n) is 9.59. The van der Waals surface area contributed by atoms with Gasteiger partial charge in [-0.1, -0.05) is 29.8 Å². The molecule has 4 rings (SSSR count). The first-order chi connectivity index (χ1) is 14.2. The Hall–Kier alpha value is -3.45. The predicted octanol–water partition coefficient (Wildman–Crippen LogP) is 3.62. The summed E-state index contributed by atoms with van der Waals surface area (Å²) < 4.78 is 5.45. The highest BCUT2D eigenvalue weighted by atomic mass is 16.5. The summed E-state index contributed by atoms with van der Waals surface area (Å²) in [6.45, 7) is 5.08. The van der Waals surface area contributed by atoms with Crippen LogP contribution < -0.4 is 15.5 Å². The number of morpholine rings is 1. The number of hydrogen-bond acceptors (Lipinski definition) is 6. The van der Waals surface area contributed by atoms with Crippen LogP contribution >= 0.6 is 0 Å². The molecule has 0 spiro atoms. The molecule has 7 heteroatoms. The van der Waals surface area contributed by atoms with Gasteiger partial charge in [0.25, 0.3) is 5.91 Å². The van der Waals surface area contributed by atoms with E-state index < -0.39 is 0 Å². The smallest absolute Gasteiger partial charge is 0.274 e. The fourth-order valence-electron chi connectivity index (χ4n) is 3.16. The van der Waals surface area contributed by atoms with Crippen LogP contribution in [0.1, 0.15) is 16.1 Å². The zero-order chi connectivity index (χ0) is 20.1. The van der Waals surface area contributed by atoms with Crippen molar-refractivity contribution in [3.05, 3.63) is 72.1 Å². The Labute approximate surface area is 169 Å². The van der Waals surface area contributed by atoms with E-state index in [-0.39, 0.29) is 5.91 Å². The average molecular weight is 389 g/mol. The molecule has 0 bridgehead atoms. The van der Waals surface area contributed by atoms with Gasteiger partial charge in [-0.3, -0.25) is 4.79 Å². The molecule has 29 heavy (non-hydrogen) atoms. The van der Waals surface area contributed by atoms with E-state index in [0.29, 0.717) is 24.9 Å². The molecule has 1 aromatic heterocycles. The van der Waals surface area contributed by atoms with E-state index in [9.17, 15) is 4.79 Å². The van der Waals surface area contributed by atoms with E-state index in [1.165, 1.54) is 0 Å². The monoisotopic (exact) mass is 389 g/mol. The maximum Gasteiger partial charge on any atom is 0.274 e. The number of anilines is 4. The van der Waals surface area contributed by atoms with Gasteiger partial charge in [-0.15, -0.1) is 0 Å². The lowest BCUT2D eigenvalue weighted by Gasteiger charge is -2.30. The SMILES string of the molecule is Cc1ccc(NC(=O)c2ccnc(Nc3ccccc3N3CCOCC3)n2)cc1. The van der Waals surface area contributed by atoms with Gasteiger partial charge in [0.15, 0.2) is 0 Å².